The second-order valence-corrected chi connectivity index (χ2v) is 9.53. The smallest absolute Gasteiger partial charge is 0.231 e. The number of imidazole rings is 1. The predicted molar refractivity (Wildman–Crippen MR) is 125 cm³/mol. The molecular weight excluding hydrogens is 464 g/mol. The summed E-state index contributed by atoms with van der Waals surface area (Å²) in [5, 5.41) is 5.07. The molecule has 4 rings (SSSR count). The third-order valence-corrected chi connectivity index (χ3v) is 5.80. The minimum Gasteiger partial charge on any atom is -0.448 e. The molecule has 0 bridgehead atoms. The van der Waals surface area contributed by atoms with Crippen LogP contribution in [0.2, 0.25) is 5.02 Å². The van der Waals surface area contributed by atoms with Gasteiger partial charge in [-0.1, -0.05) is 67.4 Å². The van der Waals surface area contributed by atoms with E-state index >= 15 is 0 Å². The fourth-order valence-electron chi connectivity index (χ4n) is 3.45. The van der Waals surface area contributed by atoms with E-state index in [0.717, 1.165) is 39.4 Å². The van der Waals surface area contributed by atoms with Crippen LogP contribution in [0, 0.1) is 5.41 Å². The maximum absolute atomic E-state index is 6.56. The van der Waals surface area contributed by atoms with E-state index in [9.17, 15) is 0 Å². The van der Waals surface area contributed by atoms with Crippen LogP contribution in [-0.4, -0.2) is 15.4 Å². The van der Waals surface area contributed by atoms with Gasteiger partial charge in [0.2, 0.25) is 12.1 Å². The van der Waals surface area contributed by atoms with Crippen LogP contribution in [-0.2, 0) is 11.2 Å². The first kappa shape index (κ1) is 20.9. The second-order valence-electron chi connectivity index (χ2n) is 8.21. The van der Waals surface area contributed by atoms with Gasteiger partial charge in [0.1, 0.15) is 11.5 Å². The number of ether oxygens (including phenoxy) is 1. The van der Waals surface area contributed by atoms with Crippen molar-refractivity contribution < 1.29 is 4.74 Å². The van der Waals surface area contributed by atoms with Gasteiger partial charge in [-0.3, -0.25) is 9.99 Å². The summed E-state index contributed by atoms with van der Waals surface area (Å²) in [5.41, 5.74) is 6.69. The van der Waals surface area contributed by atoms with Crippen LogP contribution in [0.15, 0.2) is 58.1 Å². The lowest BCUT2D eigenvalue weighted by molar-refractivity contribution is 0.167. The highest BCUT2D eigenvalue weighted by molar-refractivity contribution is 9.10. The molecule has 30 heavy (non-hydrogen) atoms. The van der Waals surface area contributed by atoms with E-state index in [2.05, 4.69) is 70.9 Å². The van der Waals surface area contributed by atoms with Gasteiger partial charge in [0.15, 0.2) is 0 Å². The fourth-order valence-corrected chi connectivity index (χ4v) is 3.94. The Hall–Kier alpha value is -2.31. The van der Waals surface area contributed by atoms with Crippen molar-refractivity contribution >= 4 is 33.4 Å². The summed E-state index contributed by atoms with van der Waals surface area (Å²) in [7, 11) is 0. The van der Waals surface area contributed by atoms with Crippen molar-refractivity contribution in [2.75, 3.05) is 0 Å². The van der Waals surface area contributed by atoms with Gasteiger partial charge in [0, 0.05) is 21.1 Å². The molecule has 3 aromatic rings. The minimum atomic E-state index is -0.438. The number of benzene rings is 2. The van der Waals surface area contributed by atoms with Gasteiger partial charge in [0.05, 0.1) is 10.7 Å². The van der Waals surface area contributed by atoms with Crippen LogP contribution in [0.5, 0.6) is 0 Å². The minimum absolute atomic E-state index is 0.187. The molecule has 1 aromatic heterocycles. The van der Waals surface area contributed by atoms with Gasteiger partial charge in [-0.05, 0) is 42.8 Å². The number of nitrogens with one attached hydrogen (secondary N) is 1. The molecule has 0 saturated carbocycles. The van der Waals surface area contributed by atoms with Crippen LogP contribution in [0.3, 0.4) is 0 Å². The molecule has 156 valence electrons. The average Bonchev–Trinajstić information content (AvgIpc) is 3.33. The first-order chi connectivity index (χ1) is 14.3. The van der Waals surface area contributed by atoms with E-state index in [1.807, 2.05) is 36.4 Å². The molecule has 0 aliphatic carbocycles. The Morgan fingerprint density at radius 3 is 2.43 bits per heavy atom. The molecule has 0 fully saturated rings. The van der Waals surface area contributed by atoms with E-state index in [4.69, 9.17) is 21.3 Å². The summed E-state index contributed by atoms with van der Waals surface area (Å²) in [6.45, 7) is 8.34. The Morgan fingerprint density at radius 2 is 1.83 bits per heavy atom. The van der Waals surface area contributed by atoms with E-state index in [-0.39, 0.29) is 5.41 Å². The Balaban J connectivity index is 1.88. The number of rotatable bonds is 4. The van der Waals surface area contributed by atoms with E-state index in [1.165, 1.54) is 0 Å². The third kappa shape index (κ3) is 3.86. The number of hydrogen-bond acceptors (Lipinski definition) is 4. The molecule has 0 radical (unpaired) electrons. The summed E-state index contributed by atoms with van der Waals surface area (Å²) in [5.74, 6) is 1.46. The molecule has 0 amide bonds. The highest BCUT2D eigenvalue weighted by atomic mass is 79.9. The topological polar surface area (TPSA) is 51.4 Å². The molecular formula is C23H24BrClN4O. The van der Waals surface area contributed by atoms with Crippen molar-refractivity contribution in [3.8, 4) is 17.1 Å². The quantitative estimate of drug-likeness (QED) is 0.457. The standard InChI is InChI=1S/C23H24BrClN4O/c1-5-18-19(21-27-28-22(30-21)23(2,3)4)26-20(16-8-6-7-9-17(16)25)29(18)15-12-10-14(24)11-13-15/h6-13,21,27H,5H2,1-4H3. The molecule has 2 heterocycles. The average molecular weight is 488 g/mol. The van der Waals surface area contributed by atoms with Crippen LogP contribution >= 0.6 is 27.5 Å². The molecule has 0 saturated heterocycles. The zero-order chi connectivity index (χ0) is 21.5. The number of aromatic nitrogens is 2. The van der Waals surface area contributed by atoms with Crippen molar-refractivity contribution in [3.63, 3.8) is 0 Å². The van der Waals surface area contributed by atoms with E-state index < -0.39 is 6.23 Å². The Labute approximate surface area is 190 Å². The van der Waals surface area contributed by atoms with Crippen molar-refractivity contribution in [1.29, 1.82) is 0 Å². The molecule has 0 spiro atoms. The summed E-state index contributed by atoms with van der Waals surface area (Å²) in [6.07, 6.45) is 0.335. The maximum Gasteiger partial charge on any atom is 0.231 e. The van der Waals surface area contributed by atoms with Gasteiger partial charge >= 0.3 is 0 Å². The zero-order valence-electron chi connectivity index (χ0n) is 17.4. The van der Waals surface area contributed by atoms with Gasteiger partial charge in [-0.2, -0.15) is 0 Å². The highest BCUT2D eigenvalue weighted by Gasteiger charge is 2.34. The molecule has 2 aromatic carbocycles. The van der Waals surface area contributed by atoms with Gasteiger partial charge in [-0.15, -0.1) is 5.10 Å². The van der Waals surface area contributed by atoms with Gasteiger partial charge in [-0.25, -0.2) is 4.98 Å². The zero-order valence-corrected chi connectivity index (χ0v) is 19.8. The summed E-state index contributed by atoms with van der Waals surface area (Å²) in [4.78, 5) is 5.02. The Bertz CT molecular complexity index is 1100. The van der Waals surface area contributed by atoms with Crippen molar-refractivity contribution in [2.45, 2.75) is 40.3 Å². The van der Waals surface area contributed by atoms with Gasteiger partial charge < -0.3 is 4.74 Å². The lowest BCUT2D eigenvalue weighted by Crippen LogP contribution is -2.22. The highest BCUT2D eigenvalue weighted by Crippen LogP contribution is 2.36. The SMILES string of the molecule is CCc1c(C2NN=C(C(C)(C)C)O2)nc(-c2ccccc2Cl)n1-c1ccc(Br)cc1. The number of hydrazone groups is 1. The molecule has 1 aliphatic heterocycles. The molecule has 1 atom stereocenters. The number of nitrogens with zero attached hydrogens (tertiary/aromatic N) is 3. The van der Waals surface area contributed by atoms with Gasteiger partial charge in [0.25, 0.3) is 0 Å². The van der Waals surface area contributed by atoms with Crippen LogP contribution in [0.4, 0.5) is 0 Å². The Kier molecular flexibility index (Phi) is 5.64. The monoisotopic (exact) mass is 486 g/mol. The second kappa shape index (κ2) is 8.08. The van der Waals surface area contributed by atoms with E-state index in [1.54, 1.807) is 0 Å². The summed E-state index contributed by atoms with van der Waals surface area (Å²) in [6, 6.07) is 15.9. The normalized spacial score (nSPS) is 16.2. The predicted octanol–water partition coefficient (Wildman–Crippen LogP) is 6.50. The van der Waals surface area contributed by atoms with Crippen LogP contribution < -0.4 is 5.43 Å². The molecule has 5 nitrogen and oxygen atoms in total. The third-order valence-electron chi connectivity index (χ3n) is 4.94. The molecule has 1 aliphatic rings. The van der Waals surface area contributed by atoms with Crippen molar-refractivity contribution in [2.24, 2.45) is 10.5 Å². The first-order valence-electron chi connectivity index (χ1n) is 9.92. The van der Waals surface area contributed by atoms with Crippen molar-refractivity contribution in [3.05, 3.63) is 69.4 Å². The van der Waals surface area contributed by atoms with Crippen LogP contribution in [0.1, 0.15) is 45.3 Å². The summed E-state index contributed by atoms with van der Waals surface area (Å²) < 4.78 is 9.34. The molecule has 7 heteroatoms. The number of halogens is 2. The summed E-state index contributed by atoms with van der Waals surface area (Å²) >= 11 is 10.1. The Morgan fingerprint density at radius 1 is 1.13 bits per heavy atom. The molecule has 1 unspecified atom stereocenters. The maximum atomic E-state index is 6.56. The fraction of sp³-hybridized carbons (Fsp3) is 0.304. The lowest BCUT2D eigenvalue weighted by atomic mass is 9.97. The van der Waals surface area contributed by atoms with Crippen LogP contribution in [0.25, 0.3) is 17.1 Å². The van der Waals surface area contributed by atoms with E-state index in [0.29, 0.717) is 10.9 Å². The lowest BCUT2D eigenvalue weighted by Gasteiger charge is -2.19. The van der Waals surface area contributed by atoms with Crippen molar-refractivity contribution in [1.82, 2.24) is 15.0 Å². The number of hydrogen-bond donors (Lipinski definition) is 1. The first-order valence-corrected chi connectivity index (χ1v) is 11.1. The largest absolute Gasteiger partial charge is 0.448 e. The molecule has 1 N–H and O–H groups in total.